The van der Waals surface area contributed by atoms with Crippen molar-refractivity contribution in [3.63, 3.8) is 0 Å². The van der Waals surface area contributed by atoms with Crippen molar-refractivity contribution in [1.82, 2.24) is 0 Å². The Balaban J connectivity index is 2.08. The van der Waals surface area contributed by atoms with Crippen LogP contribution in [-0.4, -0.2) is 33.8 Å². The Bertz CT molecular complexity index is 769. The summed E-state index contributed by atoms with van der Waals surface area (Å²) < 4.78 is 15.5. The Morgan fingerprint density at radius 1 is 0.920 bits per heavy atom. The second-order valence-electron chi connectivity index (χ2n) is 4.93. The van der Waals surface area contributed by atoms with Crippen molar-refractivity contribution in [3.8, 4) is 17.2 Å². The molecule has 0 saturated carbocycles. The van der Waals surface area contributed by atoms with Crippen LogP contribution in [0.4, 0.5) is 11.4 Å². The van der Waals surface area contributed by atoms with Crippen molar-refractivity contribution in [2.24, 2.45) is 0 Å². The lowest BCUT2D eigenvalue weighted by molar-refractivity contribution is -0.114. The van der Waals surface area contributed by atoms with Crippen LogP contribution in [0.2, 0.25) is 10.0 Å². The topological polar surface area (TPSA) is 68.8 Å². The predicted molar refractivity (Wildman–Crippen MR) is 99.7 cm³/mol. The third kappa shape index (κ3) is 4.84. The molecule has 0 aliphatic carbocycles. The van der Waals surface area contributed by atoms with Crippen molar-refractivity contribution in [2.45, 2.75) is 0 Å². The monoisotopic (exact) mass is 384 g/mol. The highest BCUT2D eigenvalue weighted by Crippen LogP contribution is 2.35. The van der Waals surface area contributed by atoms with Crippen molar-refractivity contribution in [1.29, 1.82) is 0 Å². The molecule has 0 fully saturated rings. The normalized spacial score (nSPS) is 10.1. The van der Waals surface area contributed by atoms with Crippen LogP contribution in [-0.2, 0) is 4.79 Å². The van der Waals surface area contributed by atoms with Crippen LogP contribution < -0.4 is 24.8 Å². The van der Waals surface area contributed by atoms with Gasteiger partial charge in [0.25, 0.3) is 0 Å². The Labute approximate surface area is 156 Å². The van der Waals surface area contributed by atoms with Crippen LogP contribution in [0.3, 0.4) is 0 Å². The van der Waals surface area contributed by atoms with E-state index in [1.54, 1.807) is 37.4 Å². The summed E-state index contributed by atoms with van der Waals surface area (Å²) in [4.78, 5) is 12.2. The third-order valence-corrected chi connectivity index (χ3v) is 3.99. The fourth-order valence-corrected chi connectivity index (χ4v) is 2.51. The van der Waals surface area contributed by atoms with Crippen molar-refractivity contribution < 1.29 is 19.0 Å². The molecule has 2 N–H and O–H groups in total. The van der Waals surface area contributed by atoms with E-state index in [0.717, 1.165) is 0 Å². The highest BCUT2D eigenvalue weighted by Gasteiger charge is 2.13. The number of amides is 1. The minimum absolute atomic E-state index is 0.000976. The number of benzene rings is 2. The molecule has 0 radical (unpaired) electrons. The van der Waals surface area contributed by atoms with Gasteiger partial charge in [0.1, 0.15) is 17.2 Å². The van der Waals surface area contributed by atoms with Gasteiger partial charge in [0.2, 0.25) is 5.91 Å². The lowest BCUT2D eigenvalue weighted by Crippen LogP contribution is -2.22. The number of hydrogen-bond acceptors (Lipinski definition) is 5. The lowest BCUT2D eigenvalue weighted by atomic mass is 10.2. The van der Waals surface area contributed by atoms with Gasteiger partial charge in [-0.3, -0.25) is 4.79 Å². The number of rotatable bonds is 7. The zero-order chi connectivity index (χ0) is 18.4. The number of methoxy groups -OCH3 is 3. The second-order valence-corrected chi connectivity index (χ2v) is 5.75. The first-order valence-electron chi connectivity index (χ1n) is 7.27. The smallest absolute Gasteiger partial charge is 0.243 e. The second kappa shape index (κ2) is 8.69. The third-order valence-electron chi connectivity index (χ3n) is 3.36. The fraction of sp³-hybridized carbons (Fsp3) is 0.235. The Morgan fingerprint density at radius 2 is 1.64 bits per heavy atom. The van der Waals surface area contributed by atoms with E-state index in [1.807, 2.05) is 0 Å². The summed E-state index contributed by atoms with van der Waals surface area (Å²) in [6, 6.07) is 8.30. The Kier molecular flexibility index (Phi) is 6.61. The van der Waals surface area contributed by atoms with Crippen molar-refractivity contribution in [3.05, 3.63) is 40.4 Å². The molecule has 0 heterocycles. The van der Waals surface area contributed by atoms with Crippen LogP contribution >= 0.6 is 23.2 Å². The summed E-state index contributed by atoms with van der Waals surface area (Å²) in [6.45, 7) is 0.000976. The predicted octanol–water partition coefficient (Wildman–Crippen LogP) is 4.07. The molecule has 2 aromatic carbocycles. The van der Waals surface area contributed by atoms with Crippen molar-refractivity contribution in [2.75, 3.05) is 38.5 Å². The molecule has 0 spiro atoms. The molecular formula is C17H18Cl2N2O4. The van der Waals surface area contributed by atoms with Crippen LogP contribution in [0.5, 0.6) is 17.2 Å². The van der Waals surface area contributed by atoms with Gasteiger partial charge < -0.3 is 24.8 Å². The molecule has 0 aliphatic rings. The maximum Gasteiger partial charge on any atom is 0.243 e. The van der Waals surface area contributed by atoms with Gasteiger partial charge in [-0.05, 0) is 12.1 Å². The van der Waals surface area contributed by atoms with Crippen LogP contribution in [0, 0.1) is 0 Å². The maximum atomic E-state index is 12.2. The summed E-state index contributed by atoms with van der Waals surface area (Å²) in [6.07, 6.45) is 0. The summed E-state index contributed by atoms with van der Waals surface area (Å²) >= 11 is 12.1. The van der Waals surface area contributed by atoms with Gasteiger partial charge in [-0.1, -0.05) is 23.2 Å². The highest BCUT2D eigenvalue weighted by atomic mass is 35.5. The number of carbonyl (C=O) groups is 1. The molecule has 0 aromatic heterocycles. The first-order chi connectivity index (χ1) is 12.0. The number of hydrogen-bond donors (Lipinski definition) is 2. The van der Waals surface area contributed by atoms with E-state index < -0.39 is 0 Å². The standard InChI is InChI=1S/C17H18Cl2N2O4/c1-23-10-4-5-11(18)13(6-10)20-9-17(22)21-14-8-15(24-2)12(19)7-16(14)25-3/h4-8,20H,9H2,1-3H3,(H,21,22). The van der Waals surface area contributed by atoms with E-state index in [4.69, 9.17) is 37.4 Å². The molecule has 6 nitrogen and oxygen atoms in total. The summed E-state index contributed by atoms with van der Waals surface area (Å²) in [5.74, 6) is 1.21. The number of anilines is 2. The van der Waals surface area contributed by atoms with E-state index in [-0.39, 0.29) is 12.5 Å². The van der Waals surface area contributed by atoms with E-state index in [2.05, 4.69) is 10.6 Å². The zero-order valence-corrected chi connectivity index (χ0v) is 15.5. The average Bonchev–Trinajstić information content (AvgIpc) is 2.62. The van der Waals surface area contributed by atoms with Gasteiger partial charge in [-0.15, -0.1) is 0 Å². The minimum atomic E-state index is -0.290. The van der Waals surface area contributed by atoms with Crippen LogP contribution in [0.25, 0.3) is 0 Å². The number of ether oxygens (including phenoxy) is 3. The Morgan fingerprint density at radius 3 is 2.28 bits per heavy atom. The molecule has 0 atom stereocenters. The SMILES string of the molecule is COc1ccc(Cl)c(NCC(=O)Nc2cc(OC)c(Cl)cc2OC)c1. The Hall–Kier alpha value is -2.31. The lowest BCUT2D eigenvalue weighted by Gasteiger charge is -2.14. The van der Waals surface area contributed by atoms with E-state index in [9.17, 15) is 4.79 Å². The van der Waals surface area contributed by atoms with E-state index in [1.165, 1.54) is 14.2 Å². The molecular weight excluding hydrogens is 367 g/mol. The molecule has 0 saturated heterocycles. The first-order valence-corrected chi connectivity index (χ1v) is 8.02. The van der Waals surface area contributed by atoms with Crippen LogP contribution in [0.15, 0.2) is 30.3 Å². The summed E-state index contributed by atoms with van der Waals surface area (Å²) in [5.41, 5.74) is 1.05. The summed E-state index contributed by atoms with van der Waals surface area (Å²) in [5, 5.41) is 6.58. The molecule has 0 unspecified atom stereocenters. The fourth-order valence-electron chi connectivity index (χ4n) is 2.09. The number of carbonyl (C=O) groups excluding carboxylic acids is 1. The molecule has 0 bridgehead atoms. The van der Waals surface area contributed by atoms with Crippen LogP contribution in [0.1, 0.15) is 0 Å². The molecule has 0 aliphatic heterocycles. The van der Waals surface area contributed by atoms with E-state index in [0.29, 0.717) is 38.7 Å². The van der Waals surface area contributed by atoms with Gasteiger partial charge in [0.05, 0.1) is 49.3 Å². The quantitative estimate of drug-likeness (QED) is 0.752. The van der Waals surface area contributed by atoms with Gasteiger partial charge in [-0.2, -0.15) is 0 Å². The molecule has 2 rings (SSSR count). The molecule has 134 valence electrons. The van der Waals surface area contributed by atoms with Gasteiger partial charge >= 0.3 is 0 Å². The van der Waals surface area contributed by atoms with E-state index >= 15 is 0 Å². The molecule has 25 heavy (non-hydrogen) atoms. The number of halogens is 2. The maximum absolute atomic E-state index is 12.2. The minimum Gasteiger partial charge on any atom is -0.497 e. The average molecular weight is 385 g/mol. The first kappa shape index (κ1) is 19.0. The van der Waals surface area contributed by atoms with Gasteiger partial charge in [0, 0.05) is 18.2 Å². The number of nitrogens with one attached hydrogen (secondary N) is 2. The molecule has 2 aromatic rings. The summed E-state index contributed by atoms with van der Waals surface area (Å²) in [7, 11) is 4.54. The van der Waals surface area contributed by atoms with Crippen molar-refractivity contribution >= 4 is 40.5 Å². The zero-order valence-electron chi connectivity index (χ0n) is 14.0. The van der Waals surface area contributed by atoms with Gasteiger partial charge in [-0.25, -0.2) is 0 Å². The van der Waals surface area contributed by atoms with Gasteiger partial charge in [0.15, 0.2) is 0 Å². The highest BCUT2D eigenvalue weighted by molar-refractivity contribution is 6.33. The molecule has 8 heteroatoms. The molecule has 1 amide bonds. The largest absolute Gasteiger partial charge is 0.497 e.